The highest BCUT2D eigenvalue weighted by Crippen LogP contribution is 2.33. The summed E-state index contributed by atoms with van der Waals surface area (Å²) in [6.45, 7) is 4.53. The van der Waals surface area contributed by atoms with E-state index in [0.29, 0.717) is 23.7 Å². The Kier molecular flexibility index (Phi) is 10.0. The molecule has 0 saturated carbocycles. The van der Waals surface area contributed by atoms with Crippen LogP contribution in [-0.4, -0.2) is 35.9 Å². The first-order valence-corrected chi connectivity index (χ1v) is 14.1. The lowest BCUT2D eigenvalue weighted by Crippen LogP contribution is -2.52. The lowest BCUT2D eigenvalue weighted by molar-refractivity contribution is -0.142. The molecule has 39 heavy (non-hydrogen) atoms. The second kappa shape index (κ2) is 13.6. The van der Waals surface area contributed by atoms with Gasteiger partial charge in [-0.15, -0.1) is 0 Å². The van der Waals surface area contributed by atoms with E-state index >= 15 is 0 Å². The second-order valence-electron chi connectivity index (χ2n) is 9.85. The van der Waals surface area contributed by atoms with Gasteiger partial charge in [0.15, 0.2) is 6.61 Å². The van der Waals surface area contributed by atoms with Crippen molar-refractivity contribution in [3.8, 4) is 5.75 Å². The van der Waals surface area contributed by atoms with Gasteiger partial charge >= 0.3 is 0 Å². The van der Waals surface area contributed by atoms with Gasteiger partial charge in [0.1, 0.15) is 11.8 Å². The van der Waals surface area contributed by atoms with E-state index in [0.717, 1.165) is 26.4 Å². The molecular formula is C32H32BrClN2O3. The van der Waals surface area contributed by atoms with Gasteiger partial charge in [0.05, 0.1) is 4.47 Å². The highest BCUT2D eigenvalue weighted by Gasteiger charge is 2.31. The molecule has 1 atom stereocenters. The molecule has 202 valence electrons. The van der Waals surface area contributed by atoms with Crippen molar-refractivity contribution in [3.05, 3.63) is 112 Å². The van der Waals surface area contributed by atoms with Crippen molar-refractivity contribution in [1.29, 1.82) is 0 Å². The molecular weight excluding hydrogens is 576 g/mol. The van der Waals surface area contributed by atoms with E-state index in [9.17, 15) is 9.59 Å². The van der Waals surface area contributed by atoms with Crippen LogP contribution >= 0.6 is 27.5 Å². The fourth-order valence-electron chi connectivity index (χ4n) is 4.33. The number of benzene rings is 4. The number of fused-ring (bicyclic) bond motifs is 1. The van der Waals surface area contributed by atoms with E-state index in [4.69, 9.17) is 16.3 Å². The van der Waals surface area contributed by atoms with Crippen LogP contribution in [0.15, 0.2) is 95.5 Å². The summed E-state index contributed by atoms with van der Waals surface area (Å²) >= 11 is 10.1. The lowest BCUT2D eigenvalue weighted by atomic mass is 10.0. The maximum Gasteiger partial charge on any atom is 0.261 e. The molecule has 5 nitrogen and oxygen atoms in total. The molecule has 0 bridgehead atoms. The van der Waals surface area contributed by atoms with Gasteiger partial charge in [-0.05, 0) is 55.9 Å². The SMILES string of the molecule is CC(C)CNC(=O)C(Cc1ccccc1)N(Cc1ccccc1Cl)C(=O)COc1ccc2ccccc2c1Br. The van der Waals surface area contributed by atoms with Crippen LogP contribution in [0, 0.1) is 5.92 Å². The molecule has 0 aliphatic heterocycles. The number of amides is 2. The molecule has 2 amide bonds. The van der Waals surface area contributed by atoms with E-state index in [1.54, 1.807) is 11.0 Å². The Hall–Kier alpha value is -3.35. The quantitative estimate of drug-likeness (QED) is 0.199. The van der Waals surface area contributed by atoms with Crippen LogP contribution in [-0.2, 0) is 22.6 Å². The first kappa shape index (κ1) is 28.7. The highest BCUT2D eigenvalue weighted by molar-refractivity contribution is 9.10. The predicted molar refractivity (Wildman–Crippen MR) is 161 cm³/mol. The number of hydrogen-bond donors (Lipinski definition) is 1. The molecule has 4 rings (SSSR count). The molecule has 0 saturated heterocycles. The average molecular weight is 608 g/mol. The second-order valence-corrected chi connectivity index (χ2v) is 11.0. The van der Waals surface area contributed by atoms with Crippen molar-refractivity contribution in [2.24, 2.45) is 5.92 Å². The Labute approximate surface area is 243 Å². The molecule has 1 N–H and O–H groups in total. The highest BCUT2D eigenvalue weighted by atomic mass is 79.9. The van der Waals surface area contributed by atoms with E-state index in [1.807, 2.05) is 98.8 Å². The summed E-state index contributed by atoms with van der Waals surface area (Å²) in [5.74, 6) is 0.312. The largest absolute Gasteiger partial charge is 0.483 e. The Morgan fingerprint density at radius 1 is 0.923 bits per heavy atom. The third-order valence-electron chi connectivity index (χ3n) is 6.43. The minimum absolute atomic E-state index is 0.174. The van der Waals surface area contributed by atoms with Crippen molar-refractivity contribution < 1.29 is 14.3 Å². The minimum Gasteiger partial charge on any atom is -0.483 e. The molecule has 0 aliphatic rings. The zero-order valence-corrected chi connectivity index (χ0v) is 24.4. The van der Waals surface area contributed by atoms with Gasteiger partial charge in [0, 0.05) is 24.5 Å². The summed E-state index contributed by atoms with van der Waals surface area (Å²) < 4.78 is 6.81. The van der Waals surface area contributed by atoms with Gasteiger partial charge < -0.3 is 15.0 Å². The Morgan fingerprint density at radius 2 is 1.62 bits per heavy atom. The monoisotopic (exact) mass is 606 g/mol. The minimum atomic E-state index is -0.751. The number of hydrogen-bond acceptors (Lipinski definition) is 3. The molecule has 4 aromatic carbocycles. The van der Waals surface area contributed by atoms with Gasteiger partial charge in [-0.3, -0.25) is 9.59 Å². The number of carbonyl (C=O) groups is 2. The van der Waals surface area contributed by atoms with E-state index in [1.165, 1.54) is 0 Å². The molecule has 0 aromatic heterocycles. The lowest BCUT2D eigenvalue weighted by Gasteiger charge is -2.32. The van der Waals surface area contributed by atoms with Crippen LogP contribution in [0.3, 0.4) is 0 Å². The molecule has 0 spiro atoms. The van der Waals surface area contributed by atoms with Gasteiger partial charge in [-0.25, -0.2) is 0 Å². The molecule has 1 unspecified atom stereocenters. The number of halogens is 2. The van der Waals surface area contributed by atoms with Crippen molar-refractivity contribution >= 4 is 50.1 Å². The molecule has 7 heteroatoms. The molecule has 0 heterocycles. The third kappa shape index (κ3) is 7.61. The fourth-order valence-corrected chi connectivity index (χ4v) is 5.14. The van der Waals surface area contributed by atoms with Crippen LogP contribution in [0.4, 0.5) is 0 Å². The van der Waals surface area contributed by atoms with Crippen LogP contribution in [0.1, 0.15) is 25.0 Å². The Balaban J connectivity index is 1.64. The summed E-state index contributed by atoms with van der Waals surface area (Å²) in [4.78, 5) is 29.0. The molecule has 0 fully saturated rings. The van der Waals surface area contributed by atoms with E-state index < -0.39 is 6.04 Å². The van der Waals surface area contributed by atoms with Crippen molar-refractivity contribution in [1.82, 2.24) is 10.2 Å². The number of ether oxygens (including phenoxy) is 1. The topological polar surface area (TPSA) is 58.6 Å². The van der Waals surface area contributed by atoms with Crippen molar-refractivity contribution in [2.75, 3.05) is 13.2 Å². The average Bonchev–Trinajstić information content (AvgIpc) is 2.94. The Morgan fingerprint density at radius 3 is 2.36 bits per heavy atom. The van der Waals surface area contributed by atoms with Crippen LogP contribution in [0.25, 0.3) is 10.8 Å². The zero-order valence-electron chi connectivity index (χ0n) is 22.1. The van der Waals surface area contributed by atoms with Crippen molar-refractivity contribution in [3.63, 3.8) is 0 Å². The van der Waals surface area contributed by atoms with Gasteiger partial charge in [0.2, 0.25) is 5.91 Å². The summed E-state index contributed by atoms with van der Waals surface area (Å²) in [5, 5.41) is 5.62. The normalized spacial score (nSPS) is 11.8. The summed E-state index contributed by atoms with van der Waals surface area (Å²) in [5.41, 5.74) is 1.71. The third-order valence-corrected chi connectivity index (χ3v) is 7.62. The summed E-state index contributed by atoms with van der Waals surface area (Å²) in [7, 11) is 0. The predicted octanol–water partition coefficient (Wildman–Crippen LogP) is 7.05. The first-order valence-electron chi connectivity index (χ1n) is 13.0. The van der Waals surface area contributed by atoms with Gasteiger partial charge in [0.25, 0.3) is 5.91 Å². The Bertz CT molecular complexity index is 1430. The number of nitrogens with one attached hydrogen (secondary N) is 1. The maximum absolute atomic E-state index is 13.8. The van der Waals surface area contributed by atoms with Gasteiger partial charge in [-0.1, -0.05) is 104 Å². The van der Waals surface area contributed by atoms with Crippen molar-refractivity contribution in [2.45, 2.75) is 32.9 Å². The summed E-state index contributed by atoms with van der Waals surface area (Å²) in [6.07, 6.45) is 0.362. The molecule has 0 radical (unpaired) electrons. The van der Waals surface area contributed by atoms with Gasteiger partial charge in [-0.2, -0.15) is 0 Å². The van der Waals surface area contributed by atoms with E-state index in [2.05, 4.69) is 21.2 Å². The van der Waals surface area contributed by atoms with Crippen LogP contribution in [0.5, 0.6) is 5.75 Å². The molecule has 4 aromatic rings. The summed E-state index contributed by atoms with van der Waals surface area (Å²) in [6, 6.07) is 28.1. The number of rotatable bonds is 11. The fraction of sp³-hybridized carbons (Fsp3) is 0.250. The van der Waals surface area contributed by atoms with E-state index in [-0.39, 0.29) is 30.9 Å². The van der Waals surface area contributed by atoms with Crippen LogP contribution in [0.2, 0.25) is 5.02 Å². The maximum atomic E-state index is 13.8. The smallest absolute Gasteiger partial charge is 0.261 e. The number of carbonyl (C=O) groups excluding carboxylic acids is 2. The number of nitrogens with zero attached hydrogens (tertiary/aromatic N) is 1. The first-order chi connectivity index (χ1) is 18.8. The molecule has 0 aliphatic carbocycles. The van der Waals surface area contributed by atoms with Crippen LogP contribution < -0.4 is 10.1 Å². The standard InChI is InChI=1S/C32H32BrClN2O3/c1-22(2)19-35-32(38)28(18-23-10-4-3-5-11-23)36(20-25-13-7-9-15-27(25)34)30(37)21-39-29-17-16-24-12-6-8-14-26(24)31(29)33/h3-17,22,28H,18-21H2,1-2H3,(H,35,38). The zero-order chi connectivity index (χ0) is 27.8.